The van der Waals surface area contributed by atoms with Crippen molar-refractivity contribution < 1.29 is 4.79 Å². The number of carbonyl (C=O) groups excluding carboxylic acids is 1. The minimum Gasteiger partial charge on any atom is -0.356 e. The van der Waals surface area contributed by atoms with Crippen molar-refractivity contribution in [1.29, 1.82) is 0 Å². The Morgan fingerprint density at radius 3 is 2.68 bits per heavy atom. The van der Waals surface area contributed by atoms with Gasteiger partial charge in [-0.15, -0.1) is 0 Å². The van der Waals surface area contributed by atoms with Crippen LogP contribution in [-0.2, 0) is 4.79 Å². The number of hydrogen-bond acceptors (Lipinski definition) is 2. The first kappa shape index (κ1) is 15.8. The predicted octanol–water partition coefficient (Wildman–Crippen LogP) is 1.35. The van der Waals surface area contributed by atoms with Gasteiger partial charge in [0.2, 0.25) is 5.91 Å². The smallest absolute Gasteiger partial charge is 0.224 e. The average Bonchev–Trinajstić information content (AvgIpc) is 2.42. The second kappa shape index (κ2) is 8.77. The number of rotatable bonds is 5. The van der Waals surface area contributed by atoms with Crippen molar-refractivity contribution in [3.63, 3.8) is 0 Å². The third-order valence-electron chi connectivity index (χ3n) is 3.52. The number of nitrogens with one attached hydrogen (secondary N) is 2. The highest BCUT2D eigenvalue weighted by Crippen LogP contribution is 2.16. The summed E-state index contributed by atoms with van der Waals surface area (Å²) in [6.45, 7) is 6.72. The van der Waals surface area contributed by atoms with E-state index in [-0.39, 0.29) is 5.91 Å². The Balaban J connectivity index is 2.25. The molecule has 110 valence electrons. The largest absolute Gasteiger partial charge is 0.356 e. The molecule has 0 spiro atoms. The molecule has 5 heteroatoms. The Labute approximate surface area is 116 Å². The lowest BCUT2D eigenvalue weighted by Crippen LogP contribution is -2.44. The van der Waals surface area contributed by atoms with Crippen LogP contribution in [0.2, 0.25) is 0 Å². The first-order chi connectivity index (χ1) is 9.19. The summed E-state index contributed by atoms with van der Waals surface area (Å²) in [5.41, 5.74) is 0. The average molecular weight is 268 g/mol. The molecule has 1 heterocycles. The zero-order chi connectivity index (χ0) is 14.1. The van der Waals surface area contributed by atoms with Crippen LogP contribution in [0, 0.1) is 0 Å². The molecule has 1 aliphatic heterocycles. The maximum Gasteiger partial charge on any atom is 0.224 e. The summed E-state index contributed by atoms with van der Waals surface area (Å²) in [6, 6.07) is 0.402. The van der Waals surface area contributed by atoms with Crippen LogP contribution in [0.4, 0.5) is 0 Å². The van der Waals surface area contributed by atoms with E-state index in [1.54, 1.807) is 7.05 Å². The number of guanidine groups is 1. The third-order valence-corrected chi connectivity index (χ3v) is 3.52. The number of carbonyl (C=O) groups is 1. The molecule has 0 aromatic carbocycles. The van der Waals surface area contributed by atoms with Gasteiger partial charge < -0.3 is 15.5 Å². The number of likely N-dealkylation sites (tertiary alicyclic amines) is 1. The Kier molecular flexibility index (Phi) is 7.30. The van der Waals surface area contributed by atoms with Crippen molar-refractivity contribution in [2.24, 2.45) is 4.99 Å². The second-order valence-corrected chi connectivity index (χ2v) is 5.11. The van der Waals surface area contributed by atoms with E-state index in [2.05, 4.69) is 29.5 Å². The fourth-order valence-electron chi connectivity index (χ4n) is 2.36. The monoisotopic (exact) mass is 268 g/mol. The molecule has 1 aliphatic rings. The van der Waals surface area contributed by atoms with Gasteiger partial charge in [-0.3, -0.25) is 9.79 Å². The van der Waals surface area contributed by atoms with Crippen molar-refractivity contribution in [2.75, 3.05) is 26.7 Å². The Morgan fingerprint density at radius 2 is 2.05 bits per heavy atom. The van der Waals surface area contributed by atoms with Crippen LogP contribution in [0.3, 0.4) is 0 Å². The zero-order valence-corrected chi connectivity index (χ0v) is 12.5. The Hall–Kier alpha value is -1.26. The molecule has 5 nitrogen and oxygen atoms in total. The van der Waals surface area contributed by atoms with E-state index in [0.717, 1.165) is 38.3 Å². The van der Waals surface area contributed by atoms with Gasteiger partial charge in [0.05, 0.1) is 0 Å². The lowest BCUT2D eigenvalue weighted by Gasteiger charge is -2.33. The highest BCUT2D eigenvalue weighted by atomic mass is 16.2. The summed E-state index contributed by atoms with van der Waals surface area (Å²) < 4.78 is 0. The highest BCUT2D eigenvalue weighted by molar-refractivity contribution is 5.81. The minimum atomic E-state index is 0.255. The molecule has 19 heavy (non-hydrogen) atoms. The third kappa shape index (κ3) is 5.49. The van der Waals surface area contributed by atoms with E-state index in [0.29, 0.717) is 19.0 Å². The summed E-state index contributed by atoms with van der Waals surface area (Å²) >= 11 is 0. The molecule has 1 fully saturated rings. The lowest BCUT2D eigenvalue weighted by molar-refractivity contribution is -0.134. The lowest BCUT2D eigenvalue weighted by atomic mass is 10.0. The molecule has 1 atom stereocenters. The molecule has 0 aromatic heterocycles. The topological polar surface area (TPSA) is 56.7 Å². The van der Waals surface area contributed by atoms with E-state index in [9.17, 15) is 4.79 Å². The first-order valence-electron chi connectivity index (χ1n) is 7.43. The highest BCUT2D eigenvalue weighted by Gasteiger charge is 2.22. The molecular weight excluding hydrogens is 240 g/mol. The van der Waals surface area contributed by atoms with Crippen LogP contribution in [-0.4, -0.2) is 49.5 Å². The number of amides is 1. The van der Waals surface area contributed by atoms with Gasteiger partial charge in [0.25, 0.3) is 0 Å². The summed E-state index contributed by atoms with van der Waals surface area (Å²) in [6.07, 6.45) is 5.13. The van der Waals surface area contributed by atoms with Gasteiger partial charge in [-0.05, 0) is 32.6 Å². The van der Waals surface area contributed by atoms with Crippen LogP contribution in [0.25, 0.3) is 0 Å². The van der Waals surface area contributed by atoms with E-state index < -0.39 is 0 Å². The van der Waals surface area contributed by atoms with Crippen molar-refractivity contribution in [2.45, 2.75) is 52.0 Å². The van der Waals surface area contributed by atoms with Gasteiger partial charge in [0.1, 0.15) is 0 Å². The first-order valence-corrected chi connectivity index (χ1v) is 7.43. The van der Waals surface area contributed by atoms with E-state index in [4.69, 9.17) is 0 Å². The Morgan fingerprint density at radius 1 is 1.32 bits per heavy atom. The van der Waals surface area contributed by atoms with Crippen molar-refractivity contribution >= 4 is 11.9 Å². The summed E-state index contributed by atoms with van der Waals surface area (Å²) in [5.74, 6) is 1.03. The second-order valence-electron chi connectivity index (χ2n) is 5.11. The molecule has 0 aliphatic carbocycles. The van der Waals surface area contributed by atoms with Gasteiger partial charge in [-0.25, -0.2) is 0 Å². The van der Waals surface area contributed by atoms with Crippen LogP contribution < -0.4 is 10.6 Å². The van der Waals surface area contributed by atoms with E-state index in [1.807, 2.05) is 4.90 Å². The standard InChI is InChI=1S/C14H28N4O/c1-4-9-16-14(15-3)17-10-8-13(19)18-11-6-5-7-12(18)2/h12H,4-11H2,1-3H3,(H2,15,16,17). The minimum absolute atomic E-state index is 0.255. The molecule has 1 unspecified atom stereocenters. The maximum absolute atomic E-state index is 12.1. The van der Waals surface area contributed by atoms with Gasteiger partial charge in [-0.1, -0.05) is 6.92 Å². The van der Waals surface area contributed by atoms with Gasteiger partial charge in [0.15, 0.2) is 5.96 Å². The number of hydrogen-bond donors (Lipinski definition) is 2. The number of piperidine rings is 1. The quantitative estimate of drug-likeness (QED) is 0.584. The zero-order valence-electron chi connectivity index (χ0n) is 12.5. The fraction of sp³-hybridized carbons (Fsp3) is 0.857. The van der Waals surface area contributed by atoms with Crippen molar-refractivity contribution in [1.82, 2.24) is 15.5 Å². The van der Waals surface area contributed by atoms with Crippen LogP contribution >= 0.6 is 0 Å². The fourth-order valence-corrected chi connectivity index (χ4v) is 2.36. The van der Waals surface area contributed by atoms with Gasteiger partial charge in [0, 0.05) is 39.1 Å². The molecule has 0 aromatic rings. The molecule has 1 saturated heterocycles. The summed E-state index contributed by atoms with van der Waals surface area (Å²) in [4.78, 5) is 18.3. The van der Waals surface area contributed by atoms with Crippen LogP contribution in [0.5, 0.6) is 0 Å². The molecule has 0 bridgehead atoms. The Bertz CT molecular complexity index is 304. The maximum atomic E-state index is 12.1. The molecule has 1 amide bonds. The normalized spacial score (nSPS) is 20.3. The molecular formula is C14H28N4O. The summed E-state index contributed by atoms with van der Waals surface area (Å²) in [5, 5.41) is 6.38. The van der Waals surface area contributed by atoms with Crippen LogP contribution in [0.1, 0.15) is 46.0 Å². The van der Waals surface area contributed by atoms with Crippen molar-refractivity contribution in [3.8, 4) is 0 Å². The number of nitrogens with zero attached hydrogens (tertiary/aromatic N) is 2. The van der Waals surface area contributed by atoms with Crippen molar-refractivity contribution in [3.05, 3.63) is 0 Å². The SMILES string of the molecule is CCCNC(=NC)NCCC(=O)N1CCCCC1C. The summed E-state index contributed by atoms with van der Waals surface area (Å²) in [7, 11) is 1.75. The molecule has 1 rings (SSSR count). The molecule has 0 saturated carbocycles. The predicted molar refractivity (Wildman–Crippen MR) is 79.3 cm³/mol. The van der Waals surface area contributed by atoms with E-state index in [1.165, 1.54) is 6.42 Å². The van der Waals surface area contributed by atoms with Gasteiger partial charge in [-0.2, -0.15) is 0 Å². The number of aliphatic imine (C=N–C) groups is 1. The molecule has 0 radical (unpaired) electrons. The van der Waals surface area contributed by atoms with Crippen LogP contribution in [0.15, 0.2) is 4.99 Å². The van der Waals surface area contributed by atoms with Gasteiger partial charge >= 0.3 is 0 Å². The van der Waals surface area contributed by atoms with E-state index >= 15 is 0 Å². The molecule has 2 N–H and O–H groups in total.